The van der Waals surface area contributed by atoms with Crippen molar-refractivity contribution in [2.75, 3.05) is 13.6 Å². The summed E-state index contributed by atoms with van der Waals surface area (Å²) in [6.45, 7) is 1.04. The van der Waals surface area contributed by atoms with Gasteiger partial charge in [0.05, 0.1) is 0 Å². The lowest BCUT2D eigenvalue weighted by atomic mass is 9.90. The molecule has 2 N–H and O–H groups in total. The first-order valence-corrected chi connectivity index (χ1v) is 6.60. The standard InChI is InChI=1S/C13H24N4/c1-16(12-6-4-3-5-11(12)14)9-7-13-15-8-10-17(13)2/h8,10-12H,3-7,9,14H2,1-2H3. The van der Waals surface area contributed by atoms with E-state index < -0.39 is 0 Å². The molecule has 0 aromatic carbocycles. The van der Waals surface area contributed by atoms with Crippen molar-refractivity contribution in [2.24, 2.45) is 12.8 Å². The van der Waals surface area contributed by atoms with Gasteiger partial charge in [0.25, 0.3) is 0 Å². The molecule has 0 saturated heterocycles. The molecule has 0 amide bonds. The lowest BCUT2D eigenvalue weighted by Crippen LogP contribution is -2.48. The van der Waals surface area contributed by atoms with Crippen LogP contribution in [0.3, 0.4) is 0 Å². The molecular weight excluding hydrogens is 212 g/mol. The van der Waals surface area contributed by atoms with Crippen molar-refractivity contribution in [3.05, 3.63) is 18.2 Å². The summed E-state index contributed by atoms with van der Waals surface area (Å²) in [6.07, 6.45) is 9.91. The molecule has 2 rings (SSSR count). The maximum Gasteiger partial charge on any atom is 0.109 e. The van der Waals surface area contributed by atoms with Crippen LogP contribution in [0.4, 0.5) is 0 Å². The van der Waals surface area contributed by atoms with E-state index in [-0.39, 0.29) is 0 Å². The molecule has 0 radical (unpaired) electrons. The van der Waals surface area contributed by atoms with Crippen LogP contribution in [0.15, 0.2) is 12.4 Å². The van der Waals surface area contributed by atoms with Crippen molar-refractivity contribution >= 4 is 0 Å². The lowest BCUT2D eigenvalue weighted by molar-refractivity contribution is 0.170. The van der Waals surface area contributed by atoms with Gasteiger partial charge >= 0.3 is 0 Å². The Morgan fingerprint density at radius 1 is 1.47 bits per heavy atom. The van der Waals surface area contributed by atoms with Gasteiger partial charge in [-0.3, -0.25) is 0 Å². The Kier molecular flexibility index (Phi) is 4.18. The molecular formula is C13H24N4. The zero-order valence-electron chi connectivity index (χ0n) is 11.0. The predicted octanol–water partition coefficient (Wildman–Crippen LogP) is 1.16. The first-order valence-electron chi connectivity index (χ1n) is 6.60. The molecule has 1 fully saturated rings. The highest BCUT2D eigenvalue weighted by atomic mass is 15.2. The largest absolute Gasteiger partial charge is 0.338 e. The van der Waals surface area contributed by atoms with Gasteiger partial charge in [-0.05, 0) is 19.9 Å². The molecule has 96 valence electrons. The van der Waals surface area contributed by atoms with Gasteiger partial charge in [-0.1, -0.05) is 12.8 Å². The smallest absolute Gasteiger partial charge is 0.109 e. The molecule has 1 aliphatic carbocycles. The summed E-state index contributed by atoms with van der Waals surface area (Å²) < 4.78 is 2.09. The monoisotopic (exact) mass is 236 g/mol. The molecule has 0 spiro atoms. The Hall–Kier alpha value is -0.870. The van der Waals surface area contributed by atoms with Crippen molar-refractivity contribution in [3.63, 3.8) is 0 Å². The number of rotatable bonds is 4. The minimum absolute atomic E-state index is 0.357. The van der Waals surface area contributed by atoms with Crippen LogP contribution in [0.1, 0.15) is 31.5 Å². The van der Waals surface area contributed by atoms with Crippen molar-refractivity contribution in [3.8, 4) is 0 Å². The quantitative estimate of drug-likeness (QED) is 0.853. The fourth-order valence-electron chi connectivity index (χ4n) is 2.77. The maximum absolute atomic E-state index is 6.20. The minimum Gasteiger partial charge on any atom is -0.338 e. The van der Waals surface area contributed by atoms with Crippen LogP contribution in [-0.4, -0.2) is 40.1 Å². The first kappa shape index (κ1) is 12.6. The molecule has 1 aromatic heterocycles. The molecule has 1 aromatic rings. The van der Waals surface area contributed by atoms with Gasteiger partial charge in [0, 0.05) is 44.5 Å². The second-order valence-corrected chi connectivity index (χ2v) is 5.20. The normalized spacial score (nSPS) is 25.4. The summed E-state index contributed by atoms with van der Waals surface area (Å²) in [4.78, 5) is 6.77. The van der Waals surface area contributed by atoms with Crippen LogP contribution in [0, 0.1) is 0 Å². The van der Waals surface area contributed by atoms with Crippen LogP contribution in [-0.2, 0) is 13.5 Å². The van der Waals surface area contributed by atoms with E-state index in [9.17, 15) is 0 Å². The van der Waals surface area contributed by atoms with Gasteiger partial charge in [-0.2, -0.15) is 0 Å². The van der Waals surface area contributed by atoms with E-state index in [1.807, 2.05) is 12.4 Å². The topological polar surface area (TPSA) is 47.1 Å². The molecule has 0 bridgehead atoms. The van der Waals surface area contributed by atoms with Crippen molar-refractivity contribution in [1.29, 1.82) is 0 Å². The SMILES string of the molecule is CN(CCc1nccn1C)C1CCCCC1N. The third-order valence-corrected chi connectivity index (χ3v) is 3.96. The van der Waals surface area contributed by atoms with Crippen LogP contribution in [0.2, 0.25) is 0 Å². The lowest BCUT2D eigenvalue weighted by Gasteiger charge is -2.36. The number of likely N-dealkylation sites (N-methyl/N-ethyl adjacent to an activating group) is 1. The average molecular weight is 236 g/mol. The highest BCUT2D eigenvalue weighted by Crippen LogP contribution is 2.21. The molecule has 1 aliphatic rings. The fourth-order valence-corrected chi connectivity index (χ4v) is 2.77. The molecule has 17 heavy (non-hydrogen) atoms. The Morgan fingerprint density at radius 2 is 2.24 bits per heavy atom. The van der Waals surface area contributed by atoms with Crippen LogP contribution >= 0.6 is 0 Å². The summed E-state index contributed by atoms with van der Waals surface area (Å²) >= 11 is 0. The number of nitrogens with zero attached hydrogens (tertiary/aromatic N) is 3. The van der Waals surface area contributed by atoms with E-state index in [4.69, 9.17) is 5.73 Å². The van der Waals surface area contributed by atoms with Gasteiger partial charge in [0.2, 0.25) is 0 Å². The van der Waals surface area contributed by atoms with Gasteiger partial charge < -0.3 is 15.2 Å². The summed E-state index contributed by atoms with van der Waals surface area (Å²) in [5.41, 5.74) is 6.20. The highest BCUT2D eigenvalue weighted by molar-refractivity contribution is 4.93. The van der Waals surface area contributed by atoms with Crippen LogP contribution < -0.4 is 5.73 Å². The van der Waals surface area contributed by atoms with Crippen molar-refractivity contribution in [1.82, 2.24) is 14.5 Å². The van der Waals surface area contributed by atoms with E-state index in [2.05, 4.69) is 28.5 Å². The number of hydrogen-bond donors (Lipinski definition) is 1. The number of aryl methyl sites for hydroxylation is 1. The van der Waals surface area contributed by atoms with E-state index in [0.717, 1.165) is 18.8 Å². The highest BCUT2D eigenvalue weighted by Gasteiger charge is 2.25. The first-order chi connectivity index (χ1) is 8.18. The van der Waals surface area contributed by atoms with Gasteiger partial charge in [0.1, 0.15) is 5.82 Å². The average Bonchev–Trinajstić information content (AvgIpc) is 2.72. The summed E-state index contributed by atoms with van der Waals surface area (Å²) in [7, 11) is 4.24. The van der Waals surface area contributed by atoms with E-state index >= 15 is 0 Å². The Morgan fingerprint density at radius 3 is 2.88 bits per heavy atom. The maximum atomic E-state index is 6.20. The number of aromatic nitrogens is 2. The molecule has 2 atom stereocenters. The second-order valence-electron chi connectivity index (χ2n) is 5.20. The molecule has 0 aliphatic heterocycles. The van der Waals surface area contributed by atoms with Crippen LogP contribution in [0.25, 0.3) is 0 Å². The zero-order valence-corrected chi connectivity index (χ0v) is 11.0. The number of imidazole rings is 1. The van der Waals surface area contributed by atoms with Crippen molar-refractivity contribution in [2.45, 2.75) is 44.2 Å². The minimum atomic E-state index is 0.357. The van der Waals surface area contributed by atoms with Gasteiger partial charge in [-0.15, -0.1) is 0 Å². The number of nitrogens with two attached hydrogens (primary N) is 1. The summed E-state index contributed by atoms with van der Waals surface area (Å²) in [6, 6.07) is 0.916. The zero-order chi connectivity index (χ0) is 12.3. The summed E-state index contributed by atoms with van der Waals surface area (Å²) in [5.74, 6) is 1.15. The predicted molar refractivity (Wildman–Crippen MR) is 69.8 cm³/mol. The molecule has 4 heteroatoms. The van der Waals surface area contributed by atoms with E-state index in [1.54, 1.807) is 0 Å². The molecule has 1 heterocycles. The summed E-state index contributed by atoms with van der Waals surface area (Å²) in [5, 5.41) is 0. The van der Waals surface area contributed by atoms with E-state index in [0.29, 0.717) is 12.1 Å². The van der Waals surface area contributed by atoms with E-state index in [1.165, 1.54) is 25.7 Å². The molecule has 4 nitrogen and oxygen atoms in total. The third kappa shape index (κ3) is 3.07. The Labute approximate surface area is 104 Å². The van der Waals surface area contributed by atoms with Gasteiger partial charge in [0.15, 0.2) is 0 Å². The molecule has 2 unspecified atom stereocenters. The third-order valence-electron chi connectivity index (χ3n) is 3.96. The second kappa shape index (κ2) is 5.65. The number of hydrogen-bond acceptors (Lipinski definition) is 3. The Balaban J connectivity index is 1.84. The fraction of sp³-hybridized carbons (Fsp3) is 0.769. The van der Waals surface area contributed by atoms with Gasteiger partial charge in [-0.25, -0.2) is 4.98 Å². The molecule has 1 saturated carbocycles. The van der Waals surface area contributed by atoms with Crippen molar-refractivity contribution < 1.29 is 0 Å². The Bertz CT molecular complexity index is 347. The van der Waals surface area contributed by atoms with Crippen LogP contribution in [0.5, 0.6) is 0 Å².